The van der Waals surface area contributed by atoms with Gasteiger partial charge in [0.05, 0.1) is 17.9 Å². The van der Waals surface area contributed by atoms with E-state index in [0.717, 1.165) is 36.8 Å². The summed E-state index contributed by atoms with van der Waals surface area (Å²) in [5, 5.41) is 7.30. The zero-order chi connectivity index (χ0) is 28.0. The Morgan fingerprint density at radius 1 is 1.05 bits per heavy atom. The number of aryl methyl sites for hydroxylation is 1. The normalized spacial score (nSPS) is 29.1. The first-order chi connectivity index (χ1) is 19.3. The van der Waals surface area contributed by atoms with Crippen molar-refractivity contribution in [1.82, 2.24) is 10.2 Å². The molecule has 3 amide bonds. The van der Waals surface area contributed by atoms with Crippen molar-refractivity contribution in [1.29, 1.82) is 0 Å². The molecule has 0 unspecified atom stereocenters. The molecule has 3 aliphatic heterocycles. The average molecular weight is 583 g/mol. The lowest BCUT2D eigenvalue weighted by molar-refractivity contribution is -0.141. The number of carbonyl (C=O) groups is 3. The molecular formula is C31H33Cl2N3O4. The quantitative estimate of drug-likeness (QED) is 0.446. The highest BCUT2D eigenvalue weighted by Crippen LogP contribution is 2.55. The van der Waals surface area contributed by atoms with Crippen molar-refractivity contribution >= 4 is 46.6 Å². The average Bonchev–Trinajstić information content (AvgIpc) is 3.58. The van der Waals surface area contributed by atoms with Gasteiger partial charge in [0.15, 0.2) is 0 Å². The number of amides is 3. The molecule has 40 heavy (non-hydrogen) atoms. The number of nitrogens with one attached hydrogen (secondary N) is 2. The molecule has 3 fully saturated rings. The lowest BCUT2D eigenvalue weighted by Gasteiger charge is -2.34. The summed E-state index contributed by atoms with van der Waals surface area (Å²) < 4.78 is 6.45. The zero-order valence-corrected chi connectivity index (χ0v) is 23.9. The van der Waals surface area contributed by atoms with Gasteiger partial charge in [-0.2, -0.15) is 0 Å². The summed E-state index contributed by atoms with van der Waals surface area (Å²) in [6.45, 7) is 2.17. The van der Waals surface area contributed by atoms with Crippen LogP contribution in [0.15, 0.2) is 54.6 Å². The molecule has 7 nitrogen and oxygen atoms in total. The summed E-state index contributed by atoms with van der Waals surface area (Å²) in [5.74, 6) is -2.37. The number of anilines is 1. The lowest BCUT2D eigenvalue weighted by Crippen LogP contribution is -2.56. The fraction of sp³-hybridized carbons (Fsp3) is 0.452. The summed E-state index contributed by atoms with van der Waals surface area (Å²) in [4.78, 5) is 43.4. The van der Waals surface area contributed by atoms with Gasteiger partial charge in [-0.3, -0.25) is 14.4 Å². The van der Waals surface area contributed by atoms with Gasteiger partial charge in [-0.1, -0.05) is 78.9 Å². The minimum Gasteiger partial charge on any atom is -0.359 e. The van der Waals surface area contributed by atoms with E-state index in [0.29, 0.717) is 22.2 Å². The van der Waals surface area contributed by atoms with Gasteiger partial charge in [-0.15, -0.1) is 0 Å². The van der Waals surface area contributed by atoms with Crippen LogP contribution in [0.5, 0.6) is 0 Å². The highest BCUT2D eigenvalue weighted by atomic mass is 35.5. The first kappa shape index (κ1) is 27.3. The Balaban J connectivity index is 1.30. The highest BCUT2D eigenvalue weighted by Gasteiger charge is 2.72. The van der Waals surface area contributed by atoms with E-state index in [1.54, 1.807) is 17.0 Å². The Morgan fingerprint density at radius 3 is 2.58 bits per heavy atom. The third-order valence-corrected chi connectivity index (χ3v) is 9.67. The van der Waals surface area contributed by atoms with E-state index < -0.39 is 29.6 Å². The molecule has 2 aromatic rings. The SMILES string of the molecule is Cc1ccc(NC(=O)[C@H]2[C@@H]3C=C[C@]4(O3)[C@@H]2C(=O)N(CCc2ccccc2Cl)[C@@H]4C(=O)NC2CCCCC2)cc1Cl. The molecule has 1 aliphatic carbocycles. The lowest BCUT2D eigenvalue weighted by atomic mass is 9.74. The van der Waals surface area contributed by atoms with Crippen molar-refractivity contribution in [2.24, 2.45) is 11.8 Å². The Kier molecular flexibility index (Phi) is 7.40. The molecular weight excluding hydrogens is 549 g/mol. The van der Waals surface area contributed by atoms with Crippen LogP contribution in [0.4, 0.5) is 5.69 Å². The fourth-order valence-corrected chi connectivity index (χ4v) is 7.28. The second kappa shape index (κ2) is 10.8. The van der Waals surface area contributed by atoms with Gasteiger partial charge in [0, 0.05) is 28.3 Å². The second-order valence-electron chi connectivity index (χ2n) is 11.4. The van der Waals surface area contributed by atoms with Gasteiger partial charge in [-0.25, -0.2) is 0 Å². The third kappa shape index (κ3) is 4.72. The molecule has 6 rings (SSSR count). The van der Waals surface area contributed by atoms with Crippen molar-refractivity contribution in [2.75, 3.05) is 11.9 Å². The zero-order valence-electron chi connectivity index (χ0n) is 22.4. The summed E-state index contributed by atoms with van der Waals surface area (Å²) in [5.41, 5.74) is 1.14. The molecule has 4 aliphatic rings. The highest BCUT2D eigenvalue weighted by molar-refractivity contribution is 6.31. The first-order valence-corrected chi connectivity index (χ1v) is 14.8. The molecule has 0 aromatic heterocycles. The molecule has 2 bridgehead atoms. The van der Waals surface area contributed by atoms with Crippen LogP contribution >= 0.6 is 23.2 Å². The molecule has 210 valence electrons. The molecule has 0 radical (unpaired) electrons. The van der Waals surface area contributed by atoms with Gasteiger partial charge in [-0.05, 0) is 55.5 Å². The molecule has 3 heterocycles. The van der Waals surface area contributed by atoms with E-state index in [4.69, 9.17) is 27.9 Å². The molecule has 5 atom stereocenters. The van der Waals surface area contributed by atoms with Crippen molar-refractivity contribution in [3.63, 3.8) is 0 Å². The Labute approximate surface area is 244 Å². The molecule has 1 spiro atoms. The summed E-state index contributed by atoms with van der Waals surface area (Å²) in [7, 11) is 0. The van der Waals surface area contributed by atoms with Crippen LogP contribution in [-0.4, -0.2) is 53.0 Å². The fourth-order valence-electron chi connectivity index (χ4n) is 6.87. The van der Waals surface area contributed by atoms with Crippen LogP contribution in [0.1, 0.15) is 43.2 Å². The van der Waals surface area contributed by atoms with Crippen LogP contribution in [0.25, 0.3) is 0 Å². The van der Waals surface area contributed by atoms with E-state index in [1.165, 1.54) is 6.42 Å². The number of halogens is 2. The van der Waals surface area contributed by atoms with Crippen molar-refractivity contribution in [2.45, 2.75) is 69.2 Å². The van der Waals surface area contributed by atoms with Gasteiger partial charge in [0.2, 0.25) is 17.7 Å². The number of nitrogens with zero attached hydrogens (tertiary/aromatic N) is 1. The number of likely N-dealkylation sites (tertiary alicyclic amines) is 1. The maximum atomic E-state index is 14.1. The van der Waals surface area contributed by atoms with Gasteiger partial charge < -0.3 is 20.3 Å². The maximum absolute atomic E-state index is 14.1. The predicted octanol–water partition coefficient (Wildman–Crippen LogP) is 5.08. The number of ether oxygens (including phenoxy) is 1. The van der Waals surface area contributed by atoms with E-state index >= 15 is 0 Å². The van der Waals surface area contributed by atoms with Gasteiger partial charge in [0.1, 0.15) is 11.6 Å². The van der Waals surface area contributed by atoms with E-state index in [9.17, 15) is 14.4 Å². The van der Waals surface area contributed by atoms with Gasteiger partial charge >= 0.3 is 0 Å². The third-order valence-electron chi connectivity index (χ3n) is 8.90. The van der Waals surface area contributed by atoms with Crippen LogP contribution in [0.2, 0.25) is 10.0 Å². The molecule has 2 saturated heterocycles. The number of hydrogen-bond acceptors (Lipinski definition) is 4. The summed E-state index contributed by atoms with van der Waals surface area (Å²) in [6, 6.07) is 12.0. The minimum atomic E-state index is -1.20. The smallest absolute Gasteiger partial charge is 0.246 e. The standard InChI is InChI=1S/C31H33Cl2N3O4/c1-18-11-12-21(17-23(18)33)35-28(37)25-24-13-15-31(40-24)26(25)30(39)36(16-14-19-7-5-6-10-22(19)32)27(31)29(38)34-20-8-3-2-4-9-20/h5-7,10-13,15,17,20,24-27H,2-4,8-9,14,16H2,1H3,(H,34,38)(H,35,37)/t24-,25-,26-,27+,31-/m0/s1. The number of carbonyl (C=O) groups excluding carboxylic acids is 3. The number of benzene rings is 2. The first-order valence-electron chi connectivity index (χ1n) is 14.1. The van der Waals surface area contributed by atoms with E-state index in [2.05, 4.69) is 10.6 Å². The van der Waals surface area contributed by atoms with E-state index in [-0.39, 0.29) is 30.3 Å². The van der Waals surface area contributed by atoms with Gasteiger partial charge in [0.25, 0.3) is 0 Å². The van der Waals surface area contributed by atoms with Crippen LogP contribution in [0, 0.1) is 18.8 Å². The Bertz CT molecular complexity index is 1370. The number of hydrogen-bond donors (Lipinski definition) is 2. The Hall–Kier alpha value is -2.87. The maximum Gasteiger partial charge on any atom is 0.246 e. The molecule has 9 heteroatoms. The van der Waals surface area contributed by atoms with Crippen molar-refractivity contribution in [3.8, 4) is 0 Å². The van der Waals surface area contributed by atoms with Crippen molar-refractivity contribution < 1.29 is 19.1 Å². The molecule has 2 aromatic carbocycles. The summed E-state index contributed by atoms with van der Waals surface area (Å²) >= 11 is 12.7. The van der Waals surface area contributed by atoms with E-state index in [1.807, 2.05) is 49.4 Å². The van der Waals surface area contributed by atoms with Crippen LogP contribution in [-0.2, 0) is 25.5 Å². The summed E-state index contributed by atoms with van der Waals surface area (Å²) in [6.07, 6.45) is 8.71. The molecule has 2 N–H and O–H groups in total. The van der Waals surface area contributed by atoms with Crippen molar-refractivity contribution in [3.05, 3.63) is 75.8 Å². The van der Waals surface area contributed by atoms with Crippen LogP contribution < -0.4 is 10.6 Å². The molecule has 1 saturated carbocycles. The Morgan fingerprint density at radius 2 is 1.82 bits per heavy atom. The monoisotopic (exact) mass is 581 g/mol. The largest absolute Gasteiger partial charge is 0.359 e. The number of rotatable bonds is 7. The predicted molar refractivity (Wildman–Crippen MR) is 154 cm³/mol. The second-order valence-corrected chi connectivity index (χ2v) is 12.2. The minimum absolute atomic E-state index is 0.0742. The van der Waals surface area contributed by atoms with Crippen LogP contribution in [0.3, 0.4) is 0 Å². The number of fused-ring (bicyclic) bond motifs is 1. The topological polar surface area (TPSA) is 87.7 Å².